The Morgan fingerprint density at radius 2 is 1.71 bits per heavy atom. The highest BCUT2D eigenvalue weighted by molar-refractivity contribution is 5.75. The number of imidazole rings is 1. The van der Waals surface area contributed by atoms with E-state index < -0.39 is 0 Å². The summed E-state index contributed by atoms with van der Waals surface area (Å²) >= 11 is 0. The van der Waals surface area contributed by atoms with E-state index in [4.69, 9.17) is 4.74 Å². The van der Waals surface area contributed by atoms with Crippen LogP contribution in [0.2, 0.25) is 0 Å². The number of ether oxygens (including phenoxy) is 1. The van der Waals surface area contributed by atoms with Crippen LogP contribution in [0.4, 0.5) is 0 Å². The molecule has 2 aromatic carbocycles. The molecule has 0 radical (unpaired) electrons. The molecule has 0 aliphatic heterocycles. The van der Waals surface area contributed by atoms with E-state index in [-0.39, 0.29) is 5.69 Å². The lowest BCUT2D eigenvalue weighted by atomic mass is 10.2. The second-order valence-electron chi connectivity index (χ2n) is 5.99. The molecule has 3 rings (SSSR count). The lowest BCUT2D eigenvalue weighted by Gasteiger charge is -2.17. The first-order chi connectivity index (χ1) is 11.6. The van der Waals surface area contributed by atoms with Crippen molar-refractivity contribution in [3.63, 3.8) is 0 Å². The third-order valence-corrected chi connectivity index (χ3v) is 4.12. The van der Waals surface area contributed by atoms with E-state index >= 15 is 0 Å². The van der Waals surface area contributed by atoms with Crippen molar-refractivity contribution in [2.75, 3.05) is 13.7 Å². The maximum absolute atomic E-state index is 12.5. The molecule has 0 aliphatic rings. The van der Waals surface area contributed by atoms with Gasteiger partial charge in [0.05, 0.1) is 24.3 Å². The summed E-state index contributed by atoms with van der Waals surface area (Å²) in [5.41, 5.74) is 3.12. The molecule has 5 heteroatoms. The first-order valence-electron chi connectivity index (χ1n) is 8.14. The van der Waals surface area contributed by atoms with E-state index in [2.05, 4.69) is 17.0 Å². The minimum atomic E-state index is 0.00902. The average molecular weight is 325 g/mol. The van der Waals surface area contributed by atoms with Crippen LogP contribution in [0, 0.1) is 0 Å². The predicted octanol–water partition coefficient (Wildman–Crippen LogP) is 2.83. The maximum Gasteiger partial charge on any atom is 0.329 e. The summed E-state index contributed by atoms with van der Waals surface area (Å²) in [7, 11) is 3.83. The summed E-state index contributed by atoms with van der Waals surface area (Å²) in [4.78, 5) is 14.6. The zero-order chi connectivity index (χ0) is 17.1. The Morgan fingerprint density at radius 3 is 2.38 bits per heavy atom. The highest BCUT2D eigenvalue weighted by atomic mass is 16.5. The topological polar surface area (TPSA) is 39.4 Å². The Kier molecular flexibility index (Phi) is 4.71. The number of fused-ring (bicyclic) bond motifs is 1. The molecular weight excluding hydrogens is 302 g/mol. The molecule has 0 N–H and O–H groups in total. The summed E-state index contributed by atoms with van der Waals surface area (Å²) in [5.74, 6) is 0.883. The van der Waals surface area contributed by atoms with Gasteiger partial charge in [-0.25, -0.2) is 4.79 Å². The molecule has 0 atom stereocenters. The molecule has 0 spiro atoms. The van der Waals surface area contributed by atoms with Crippen molar-refractivity contribution in [2.45, 2.75) is 20.1 Å². The van der Waals surface area contributed by atoms with Crippen molar-refractivity contribution in [3.05, 3.63) is 64.6 Å². The van der Waals surface area contributed by atoms with E-state index in [0.717, 1.165) is 23.3 Å². The van der Waals surface area contributed by atoms with Gasteiger partial charge >= 0.3 is 5.69 Å². The van der Waals surface area contributed by atoms with Gasteiger partial charge in [-0.05, 0) is 43.8 Å². The van der Waals surface area contributed by atoms with Crippen LogP contribution in [0.25, 0.3) is 11.0 Å². The monoisotopic (exact) mass is 325 g/mol. The second kappa shape index (κ2) is 6.93. The van der Waals surface area contributed by atoms with Gasteiger partial charge in [0.2, 0.25) is 0 Å². The van der Waals surface area contributed by atoms with Crippen LogP contribution in [0.1, 0.15) is 12.5 Å². The molecule has 0 saturated heterocycles. The van der Waals surface area contributed by atoms with Gasteiger partial charge in [0, 0.05) is 13.6 Å². The van der Waals surface area contributed by atoms with E-state index in [1.807, 2.05) is 62.0 Å². The molecular formula is C19H23N3O2. The van der Waals surface area contributed by atoms with Gasteiger partial charge in [-0.1, -0.05) is 24.3 Å². The Morgan fingerprint density at radius 1 is 1.04 bits per heavy atom. The van der Waals surface area contributed by atoms with E-state index in [0.29, 0.717) is 13.3 Å². The average Bonchev–Trinajstić information content (AvgIpc) is 2.82. The molecule has 0 amide bonds. The van der Waals surface area contributed by atoms with Gasteiger partial charge in [-0.2, -0.15) is 0 Å². The molecule has 126 valence electrons. The van der Waals surface area contributed by atoms with E-state index in [9.17, 15) is 4.79 Å². The van der Waals surface area contributed by atoms with Crippen LogP contribution in [0.15, 0.2) is 53.3 Å². The third kappa shape index (κ3) is 3.21. The third-order valence-electron chi connectivity index (χ3n) is 4.12. The zero-order valence-corrected chi connectivity index (χ0v) is 14.4. The van der Waals surface area contributed by atoms with Crippen molar-refractivity contribution < 1.29 is 4.74 Å². The summed E-state index contributed by atoms with van der Waals surface area (Å²) in [6.45, 7) is 3.96. The Balaban J connectivity index is 1.77. The van der Waals surface area contributed by atoms with Gasteiger partial charge < -0.3 is 4.74 Å². The van der Waals surface area contributed by atoms with Crippen LogP contribution in [0.5, 0.6) is 5.75 Å². The van der Waals surface area contributed by atoms with Gasteiger partial charge in [-0.15, -0.1) is 0 Å². The highest BCUT2D eigenvalue weighted by Crippen LogP contribution is 2.15. The largest absolute Gasteiger partial charge is 0.494 e. The summed E-state index contributed by atoms with van der Waals surface area (Å²) in [6.07, 6.45) is 0. The molecule has 0 aliphatic carbocycles. The van der Waals surface area contributed by atoms with Crippen LogP contribution in [-0.4, -0.2) is 27.7 Å². The highest BCUT2D eigenvalue weighted by Gasteiger charge is 2.11. The Bertz CT molecular complexity index is 878. The zero-order valence-electron chi connectivity index (χ0n) is 14.4. The van der Waals surface area contributed by atoms with Crippen molar-refractivity contribution in [2.24, 2.45) is 7.05 Å². The number of benzene rings is 2. The normalized spacial score (nSPS) is 11.3. The molecule has 0 unspecified atom stereocenters. The van der Waals surface area contributed by atoms with Crippen molar-refractivity contribution in [3.8, 4) is 5.75 Å². The number of rotatable bonds is 6. The van der Waals surface area contributed by atoms with Gasteiger partial charge in [0.15, 0.2) is 0 Å². The molecule has 0 bridgehead atoms. The summed E-state index contributed by atoms with van der Waals surface area (Å²) in [6, 6.07) is 16.0. The number of aromatic nitrogens is 2. The van der Waals surface area contributed by atoms with Gasteiger partial charge in [0.1, 0.15) is 5.75 Å². The van der Waals surface area contributed by atoms with Crippen molar-refractivity contribution in [1.82, 2.24) is 14.0 Å². The Hall–Kier alpha value is -2.53. The molecule has 1 aromatic heterocycles. The number of hydrogen-bond acceptors (Lipinski definition) is 3. The molecule has 0 fully saturated rings. The molecule has 0 saturated carbocycles. The molecule has 1 heterocycles. The minimum Gasteiger partial charge on any atom is -0.494 e. The molecule has 5 nitrogen and oxygen atoms in total. The molecule has 24 heavy (non-hydrogen) atoms. The fraction of sp³-hybridized carbons (Fsp3) is 0.316. The van der Waals surface area contributed by atoms with E-state index in [1.165, 1.54) is 5.56 Å². The summed E-state index contributed by atoms with van der Waals surface area (Å²) in [5, 5.41) is 0. The first-order valence-corrected chi connectivity index (χ1v) is 8.14. The lowest BCUT2D eigenvalue weighted by Crippen LogP contribution is -2.30. The number of para-hydroxylation sites is 2. The van der Waals surface area contributed by atoms with Gasteiger partial charge in [-0.3, -0.25) is 14.0 Å². The van der Waals surface area contributed by atoms with Crippen LogP contribution in [0.3, 0.4) is 0 Å². The van der Waals surface area contributed by atoms with Crippen molar-refractivity contribution >= 4 is 11.0 Å². The second-order valence-corrected chi connectivity index (χ2v) is 5.99. The van der Waals surface area contributed by atoms with Crippen LogP contribution < -0.4 is 10.4 Å². The van der Waals surface area contributed by atoms with Crippen LogP contribution in [-0.2, 0) is 20.3 Å². The predicted molar refractivity (Wildman–Crippen MR) is 96.3 cm³/mol. The first kappa shape index (κ1) is 16.3. The van der Waals surface area contributed by atoms with E-state index in [1.54, 1.807) is 4.57 Å². The van der Waals surface area contributed by atoms with Crippen LogP contribution >= 0.6 is 0 Å². The SMILES string of the molecule is CCOc1ccc(CN(C)Cn2c(=O)n(C)c3ccccc32)cc1. The smallest absolute Gasteiger partial charge is 0.329 e. The maximum atomic E-state index is 12.5. The number of aryl methyl sites for hydroxylation is 1. The van der Waals surface area contributed by atoms with Gasteiger partial charge in [0.25, 0.3) is 0 Å². The number of nitrogens with zero attached hydrogens (tertiary/aromatic N) is 3. The Labute approximate surface area is 141 Å². The standard InChI is InChI=1S/C19H23N3O2/c1-4-24-16-11-9-15(10-12-16)13-20(2)14-22-18-8-6-5-7-17(18)21(3)19(22)23/h5-12H,4,13-14H2,1-3H3. The fourth-order valence-corrected chi connectivity index (χ4v) is 2.96. The quantitative estimate of drug-likeness (QED) is 0.699. The summed E-state index contributed by atoms with van der Waals surface area (Å²) < 4.78 is 8.97. The molecule has 3 aromatic rings. The number of hydrogen-bond donors (Lipinski definition) is 0. The van der Waals surface area contributed by atoms with Crippen molar-refractivity contribution in [1.29, 1.82) is 0 Å². The fourth-order valence-electron chi connectivity index (χ4n) is 2.96. The minimum absolute atomic E-state index is 0.00902. The lowest BCUT2D eigenvalue weighted by molar-refractivity contribution is 0.259.